The predicted molar refractivity (Wildman–Crippen MR) is 53.1 cm³/mol. The van der Waals surface area contributed by atoms with Crippen LogP contribution in [0.2, 0.25) is 0 Å². The van der Waals surface area contributed by atoms with Gasteiger partial charge >= 0.3 is 5.97 Å². The molecular weight excluding hydrogens is 182 g/mol. The Balaban J connectivity index is 2.66. The van der Waals surface area contributed by atoms with E-state index < -0.39 is 17.5 Å². The summed E-state index contributed by atoms with van der Waals surface area (Å²) in [4.78, 5) is 12.9. The molecule has 2 unspecified atom stereocenters. The quantitative estimate of drug-likeness (QED) is 0.700. The van der Waals surface area contributed by atoms with E-state index >= 15 is 0 Å². The molecule has 4 nitrogen and oxygen atoms in total. The van der Waals surface area contributed by atoms with Crippen LogP contribution in [-0.4, -0.2) is 45.8 Å². The minimum atomic E-state index is -1.05. The number of nitrogens with zero attached hydrogens (tertiary/aromatic N) is 1. The largest absolute Gasteiger partial charge is 0.481 e. The summed E-state index contributed by atoms with van der Waals surface area (Å²) in [6.45, 7) is 6.93. The number of aliphatic carboxylic acids is 1. The zero-order valence-corrected chi connectivity index (χ0v) is 9.03. The summed E-state index contributed by atoms with van der Waals surface area (Å²) in [5, 5.41) is 19.0. The highest BCUT2D eigenvalue weighted by atomic mass is 16.4. The first-order valence-electron chi connectivity index (χ1n) is 5.06. The molecule has 1 saturated heterocycles. The fourth-order valence-electron chi connectivity index (χ4n) is 1.87. The van der Waals surface area contributed by atoms with Gasteiger partial charge in [0.25, 0.3) is 0 Å². The lowest BCUT2D eigenvalue weighted by Gasteiger charge is -2.28. The Labute approximate surface area is 84.5 Å². The topological polar surface area (TPSA) is 60.8 Å². The lowest BCUT2D eigenvalue weighted by atomic mass is 9.88. The van der Waals surface area contributed by atoms with E-state index in [0.29, 0.717) is 19.0 Å². The van der Waals surface area contributed by atoms with Crippen molar-refractivity contribution >= 4 is 5.97 Å². The van der Waals surface area contributed by atoms with Gasteiger partial charge in [-0.3, -0.25) is 9.69 Å². The summed E-state index contributed by atoms with van der Waals surface area (Å²) < 4.78 is 0. The Morgan fingerprint density at radius 2 is 2.00 bits per heavy atom. The molecule has 2 N–H and O–H groups in total. The number of rotatable bonds is 3. The molecule has 4 heteroatoms. The molecule has 0 aliphatic carbocycles. The van der Waals surface area contributed by atoms with E-state index in [-0.39, 0.29) is 0 Å². The molecule has 1 fully saturated rings. The normalized spacial score (nSPS) is 30.9. The van der Waals surface area contributed by atoms with Crippen LogP contribution in [0, 0.1) is 5.92 Å². The van der Waals surface area contributed by atoms with Crippen molar-refractivity contribution in [2.45, 2.75) is 38.8 Å². The molecule has 14 heavy (non-hydrogen) atoms. The zero-order chi connectivity index (χ0) is 10.9. The van der Waals surface area contributed by atoms with Crippen molar-refractivity contribution in [2.24, 2.45) is 5.92 Å². The third-order valence-electron chi connectivity index (χ3n) is 3.22. The highest BCUT2D eigenvalue weighted by Crippen LogP contribution is 2.30. The van der Waals surface area contributed by atoms with Crippen LogP contribution in [-0.2, 0) is 4.79 Å². The number of likely N-dealkylation sites (tertiary alicyclic amines) is 1. The van der Waals surface area contributed by atoms with E-state index in [9.17, 15) is 9.90 Å². The molecule has 0 spiro atoms. The second-order valence-electron chi connectivity index (χ2n) is 4.48. The zero-order valence-electron chi connectivity index (χ0n) is 9.03. The van der Waals surface area contributed by atoms with Crippen LogP contribution >= 0.6 is 0 Å². The Kier molecular flexibility index (Phi) is 3.17. The van der Waals surface area contributed by atoms with Gasteiger partial charge in [-0.25, -0.2) is 0 Å². The molecule has 2 atom stereocenters. The molecule has 0 amide bonds. The standard InChI is InChI=1S/C10H19NO3/c1-7(2)11-5-4-10(14,6-11)8(3)9(12)13/h7-8,14H,4-6H2,1-3H3,(H,12,13). The molecule has 0 saturated carbocycles. The van der Waals surface area contributed by atoms with Crippen molar-refractivity contribution < 1.29 is 15.0 Å². The highest BCUT2D eigenvalue weighted by Gasteiger charge is 2.44. The third kappa shape index (κ3) is 2.07. The lowest BCUT2D eigenvalue weighted by molar-refractivity contribution is -0.150. The molecule has 1 aliphatic rings. The number of hydrogen-bond donors (Lipinski definition) is 2. The molecule has 82 valence electrons. The Morgan fingerprint density at radius 1 is 1.43 bits per heavy atom. The van der Waals surface area contributed by atoms with E-state index in [1.807, 2.05) is 0 Å². The molecule has 1 heterocycles. The van der Waals surface area contributed by atoms with Gasteiger partial charge in [-0.2, -0.15) is 0 Å². The van der Waals surface area contributed by atoms with Crippen LogP contribution in [0.25, 0.3) is 0 Å². The van der Waals surface area contributed by atoms with Gasteiger partial charge < -0.3 is 10.2 Å². The van der Waals surface area contributed by atoms with Crippen LogP contribution in [0.5, 0.6) is 0 Å². The summed E-state index contributed by atoms with van der Waals surface area (Å²) in [5.41, 5.74) is -1.05. The van der Waals surface area contributed by atoms with Crippen molar-refractivity contribution in [1.82, 2.24) is 4.90 Å². The van der Waals surface area contributed by atoms with E-state index in [2.05, 4.69) is 18.7 Å². The van der Waals surface area contributed by atoms with Gasteiger partial charge in [0.2, 0.25) is 0 Å². The smallest absolute Gasteiger partial charge is 0.309 e. The molecule has 0 radical (unpaired) electrons. The van der Waals surface area contributed by atoms with Crippen LogP contribution in [0.4, 0.5) is 0 Å². The van der Waals surface area contributed by atoms with Crippen molar-refractivity contribution in [3.8, 4) is 0 Å². The van der Waals surface area contributed by atoms with Crippen molar-refractivity contribution in [1.29, 1.82) is 0 Å². The average Bonchev–Trinajstić information content (AvgIpc) is 2.48. The molecule has 1 rings (SSSR count). The van der Waals surface area contributed by atoms with Gasteiger partial charge in [-0.05, 0) is 27.2 Å². The lowest BCUT2D eigenvalue weighted by Crippen LogP contribution is -2.44. The van der Waals surface area contributed by atoms with Crippen LogP contribution < -0.4 is 0 Å². The maximum atomic E-state index is 10.8. The summed E-state index contributed by atoms with van der Waals surface area (Å²) in [7, 11) is 0. The van der Waals surface area contributed by atoms with Crippen LogP contribution in [0.15, 0.2) is 0 Å². The molecule has 1 aliphatic heterocycles. The molecule has 0 bridgehead atoms. The van der Waals surface area contributed by atoms with E-state index in [0.717, 1.165) is 6.54 Å². The predicted octanol–water partition coefficient (Wildman–Crippen LogP) is 0.552. The molecule has 0 aromatic rings. The van der Waals surface area contributed by atoms with Crippen molar-refractivity contribution in [3.63, 3.8) is 0 Å². The van der Waals surface area contributed by atoms with E-state index in [4.69, 9.17) is 5.11 Å². The molecular formula is C10H19NO3. The Bertz CT molecular complexity index is 229. The number of aliphatic hydroxyl groups is 1. The monoisotopic (exact) mass is 201 g/mol. The van der Waals surface area contributed by atoms with Gasteiger partial charge in [0.15, 0.2) is 0 Å². The molecule has 0 aromatic heterocycles. The number of carbonyl (C=O) groups is 1. The van der Waals surface area contributed by atoms with Crippen molar-refractivity contribution in [3.05, 3.63) is 0 Å². The second kappa shape index (κ2) is 3.87. The maximum Gasteiger partial charge on any atom is 0.309 e. The summed E-state index contributed by atoms with van der Waals surface area (Å²) >= 11 is 0. The van der Waals surface area contributed by atoms with E-state index in [1.54, 1.807) is 6.92 Å². The molecule has 0 aromatic carbocycles. The first-order chi connectivity index (χ1) is 6.37. The number of carboxylic acids is 1. The Morgan fingerprint density at radius 3 is 2.36 bits per heavy atom. The second-order valence-corrected chi connectivity index (χ2v) is 4.48. The van der Waals surface area contributed by atoms with Crippen LogP contribution in [0.1, 0.15) is 27.2 Å². The van der Waals surface area contributed by atoms with Gasteiger partial charge in [0, 0.05) is 19.1 Å². The highest BCUT2D eigenvalue weighted by molar-refractivity contribution is 5.71. The van der Waals surface area contributed by atoms with E-state index in [1.165, 1.54) is 0 Å². The minimum Gasteiger partial charge on any atom is -0.481 e. The average molecular weight is 201 g/mol. The number of β-amino-alcohol motifs (C(OH)–C–C–N with tert-alkyl or cyclic N) is 1. The number of carboxylic acid groups (broad SMARTS) is 1. The van der Waals surface area contributed by atoms with Crippen molar-refractivity contribution in [2.75, 3.05) is 13.1 Å². The summed E-state index contributed by atoms with van der Waals surface area (Å²) in [6, 6.07) is 0.366. The first-order valence-corrected chi connectivity index (χ1v) is 5.06. The summed E-state index contributed by atoms with van der Waals surface area (Å²) in [5.74, 6) is -1.61. The first kappa shape index (κ1) is 11.5. The minimum absolute atomic E-state index is 0.366. The Hall–Kier alpha value is -0.610. The van der Waals surface area contributed by atoms with Crippen LogP contribution in [0.3, 0.4) is 0 Å². The SMILES string of the molecule is CC(C)N1CCC(O)(C(C)C(=O)O)C1. The third-order valence-corrected chi connectivity index (χ3v) is 3.22. The van der Waals surface area contributed by atoms with Gasteiger partial charge in [0.1, 0.15) is 0 Å². The fraction of sp³-hybridized carbons (Fsp3) is 0.900. The summed E-state index contributed by atoms with van der Waals surface area (Å²) in [6.07, 6.45) is 0.554. The number of hydrogen-bond acceptors (Lipinski definition) is 3. The van der Waals surface area contributed by atoms with Gasteiger partial charge in [-0.1, -0.05) is 0 Å². The maximum absolute atomic E-state index is 10.8. The fourth-order valence-corrected chi connectivity index (χ4v) is 1.87. The van der Waals surface area contributed by atoms with Gasteiger partial charge in [0.05, 0.1) is 11.5 Å². The van der Waals surface area contributed by atoms with Gasteiger partial charge in [-0.15, -0.1) is 0 Å².